The van der Waals surface area contributed by atoms with Gasteiger partial charge in [-0.25, -0.2) is 4.98 Å². The zero-order valence-electron chi connectivity index (χ0n) is 18.1. The number of hydrogen-bond acceptors (Lipinski definition) is 3. The first-order valence-electron chi connectivity index (χ1n) is 10.3. The van der Waals surface area contributed by atoms with Crippen molar-refractivity contribution in [1.29, 1.82) is 0 Å². The van der Waals surface area contributed by atoms with Gasteiger partial charge in [-0.15, -0.1) is 0 Å². The van der Waals surface area contributed by atoms with Crippen LogP contribution in [0.15, 0.2) is 42.5 Å². The molecule has 0 unspecified atom stereocenters. The predicted octanol–water partition coefficient (Wildman–Crippen LogP) is 4.92. The maximum Gasteiger partial charge on any atom is 0.219 e. The zero-order chi connectivity index (χ0) is 21.0. The summed E-state index contributed by atoms with van der Waals surface area (Å²) < 4.78 is 8.36. The quantitative estimate of drug-likeness (QED) is 0.511. The molecule has 1 aromatic heterocycles. The number of aryl methyl sites for hydroxylation is 2. The normalized spacial score (nSPS) is 11.2. The third-order valence-electron chi connectivity index (χ3n) is 5.22. The summed E-state index contributed by atoms with van der Waals surface area (Å²) in [5, 5.41) is 0. The first-order valence-corrected chi connectivity index (χ1v) is 10.3. The zero-order valence-corrected chi connectivity index (χ0v) is 18.1. The van der Waals surface area contributed by atoms with Crippen LogP contribution in [0.1, 0.15) is 50.1 Å². The fourth-order valence-electron chi connectivity index (χ4n) is 3.47. The summed E-state index contributed by atoms with van der Waals surface area (Å²) in [6, 6.07) is 14.5. The highest BCUT2D eigenvalue weighted by Gasteiger charge is 2.14. The number of amides is 1. The fourth-order valence-corrected chi connectivity index (χ4v) is 3.47. The minimum absolute atomic E-state index is 0.0348. The number of fused-ring (bicyclic) bond motifs is 1. The van der Waals surface area contributed by atoms with Crippen LogP contribution in [-0.4, -0.2) is 34.0 Å². The molecule has 0 aliphatic carbocycles. The molecule has 3 rings (SSSR count). The Labute approximate surface area is 173 Å². The molecular weight excluding hydrogens is 362 g/mol. The predicted molar refractivity (Wildman–Crippen MR) is 117 cm³/mol. The minimum Gasteiger partial charge on any atom is -0.493 e. The first-order chi connectivity index (χ1) is 13.9. The average Bonchev–Trinajstić information content (AvgIpc) is 3.02. The molecule has 29 heavy (non-hydrogen) atoms. The molecule has 0 aliphatic rings. The molecule has 5 heteroatoms. The van der Waals surface area contributed by atoms with Crippen LogP contribution in [0.4, 0.5) is 0 Å². The molecule has 0 saturated carbocycles. The van der Waals surface area contributed by atoms with Crippen LogP contribution in [0.5, 0.6) is 5.75 Å². The third kappa shape index (κ3) is 4.97. The Morgan fingerprint density at radius 3 is 2.69 bits per heavy atom. The first kappa shape index (κ1) is 20.9. The average molecular weight is 394 g/mol. The lowest BCUT2D eigenvalue weighted by Gasteiger charge is -2.17. The molecule has 2 aromatic carbocycles. The molecule has 154 valence electrons. The van der Waals surface area contributed by atoms with Crippen molar-refractivity contribution in [2.45, 2.75) is 53.1 Å². The van der Waals surface area contributed by atoms with Gasteiger partial charge in [-0.3, -0.25) is 4.79 Å². The Bertz CT molecular complexity index is 991. The highest BCUT2D eigenvalue weighted by atomic mass is 16.5. The highest BCUT2D eigenvalue weighted by molar-refractivity contribution is 5.76. The summed E-state index contributed by atoms with van der Waals surface area (Å²) in [6.07, 6.45) is 0.864. The Hall–Kier alpha value is -2.82. The SMILES string of the molecule is CC(=O)N(C)Cc1nc2ccccc2n1CCCOc1cc(C)ccc1C(C)C. The summed E-state index contributed by atoms with van der Waals surface area (Å²) in [6.45, 7) is 9.98. The van der Waals surface area contributed by atoms with Crippen LogP contribution in [0.25, 0.3) is 11.0 Å². The molecule has 0 bridgehead atoms. The van der Waals surface area contributed by atoms with Crippen molar-refractivity contribution in [3.8, 4) is 5.75 Å². The molecule has 0 aliphatic heterocycles. The van der Waals surface area contributed by atoms with Gasteiger partial charge in [0.1, 0.15) is 11.6 Å². The van der Waals surface area contributed by atoms with E-state index in [1.807, 2.05) is 18.2 Å². The van der Waals surface area contributed by atoms with E-state index in [1.165, 1.54) is 11.1 Å². The Morgan fingerprint density at radius 1 is 1.21 bits per heavy atom. The van der Waals surface area contributed by atoms with Crippen molar-refractivity contribution in [2.24, 2.45) is 0 Å². The molecule has 5 nitrogen and oxygen atoms in total. The summed E-state index contributed by atoms with van der Waals surface area (Å²) >= 11 is 0. The van der Waals surface area contributed by atoms with Crippen LogP contribution in [-0.2, 0) is 17.9 Å². The fraction of sp³-hybridized carbons (Fsp3) is 0.417. The molecule has 0 fully saturated rings. The highest BCUT2D eigenvalue weighted by Crippen LogP contribution is 2.27. The maximum absolute atomic E-state index is 11.7. The van der Waals surface area contributed by atoms with Crippen molar-refractivity contribution in [2.75, 3.05) is 13.7 Å². The number of para-hydroxylation sites is 2. The van der Waals surface area contributed by atoms with E-state index in [0.29, 0.717) is 19.1 Å². The standard InChI is InChI=1S/C24H31N3O2/c1-17(2)20-12-11-18(3)15-23(20)29-14-8-13-27-22-10-7-6-9-21(22)25-24(27)16-26(5)19(4)28/h6-7,9-12,15,17H,8,13-14,16H2,1-5H3. The monoisotopic (exact) mass is 393 g/mol. The van der Waals surface area contributed by atoms with Gasteiger partial charge in [0.2, 0.25) is 5.91 Å². The van der Waals surface area contributed by atoms with Gasteiger partial charge in [-0.2, -0.15) is 0 Å². The number of imidazole rings is 1. The smallest absolute Gasteiger partial charge is 0.219 e. The number of ether oxygens (including phenoxy) is 1. The number of carbonyl (C=O) groups excluding carboxylic acids is 1. The van der Waals surface area contributed by atoms with Crippen LogP contribution in [0.3, 0.4) is 0 Å². The van der Waals surface area contributed by atoms with Gasteiger partial charge in [0, 0.05) is 20.5 Å². The molecular formula is C24H31N3O2. The maximum atomic E-state index is 11.7. The summed E-state index contributed by atoms with van der Waals surface area (Å²) in [5.41, 5.74) is 4.51. The van der Waals surface area contributed by atoms with E-state index >= 15 is 0 Å². The lowest BCUT2D eigenvalue weighted by Crippen LogP contribution is -2.25. The number of benzene rings is 2. The van der Waals surface area contributed by atoms with E-state index in [9.17, 15) is 4.79 Å². The van der Waals surface area contributed by atoms with Gasteiger partial charge in [0.25, 0.3) is 0 Å². The second-order valence-electron chi connectivity index (χ2n) is 7.94. The second-order valence-corrected chi connectivity index (χ2v) is 7.94. The van der Waals surface area contributed by atoms with Gasteiger partial charge in [-0.05, 0) is 48.6 Å². The van der Waals surface area contributed by atoms with Crippen LogP contribution in [0, 0.1) is 6.92 Å². The molecule has 0 atom stereocenters. The van der Waals surface area contributed by atoms with Crippen LogP contribution >= 0.6 is 0 Å². The largest absolute Gasteiger partial charge is 0.493 e. The number of nitrogens with zero attached hydrogens (tertiary/aromatic N) is 3. The van der Waals surface area contributed by atoms with Gasteiger partial charge in [0.05, 0.1) is 24.2 Å². The van der Waals surface area contributed by atoms with Gasteiger partial charge < -0.3 is 14.2 Å². The number of aromatic nitrogens is 2. The van der Waals surface area contributed by atoms with E-state index in [4.69, 9.17) is 9.72 Å². The minimum atomic E-state index is 0.0348. The van der Waals surface area contributed by atoms with Crippen LogP contribution in [0.2, 0.25) is 0 Å². The molecule has 1 amide bonds. The van der Waals surface area contributed by atoms with Gasteiger partial charge >= 0.3 is 0 Å². The number of hydrogen-bond donors (Lipinski definition) is 0. The Morgan fingerprint density at radius 2 is 1.97 bits per heavy atom. The lowest BCUT2D eigenvalue weighted by molar-refractivity contribution is -0.128. The van der Waals surface area contributed by atoms with E-state index in [0.717, 1.165) is 35.6 Å². The van der Waals surface area contributed by atoms with E-state index < -0.39 is 0 Å². The third-order valence-corrected chi connectivity index (χ3v) is 5.22. The van der Waals surface area contributed by atoms with Gasteiger partial charge in [0.15, 0.2) is 0 Å². The topological polar surface area (TPSA) is 47.4 Å². The molecule has 0 N–H and O–H groups in total. The van der Waals surface area contributed by atoms with Crippen molar-refractivity contribution in [3.63, 3.8) is 0 Å². The Balaban J connectivity index is 1.72. The second kappa shape index (κ2) is 9.12. The van der Waals surface area contributed by atoms with Crippen molar-refractivity contribution >= 4 is 16.9 Å². The van der Waals surface area contributed by atoms with E-state index in [-0.39, 0.29) is 5.91 Å². The van der Waals surface area contributed by atoms with Crippen molar-refractivity contribution in [3.05, 3.63) is 59.4 Å². The number of carbonyl (C=O) groups is 1. The van der Waals surface area contributed by atoms with E-state index in [2.05, 4.69) is 49.6 Å². The molecule has 0 saturated heterocycles. The summed E-state index contributed by atoms with van der Waals surface area (Å²) in [7, 11) is 1.81. The molecule has 1 heterocycles. The van der Waals surface area contributed by atoms with Crippen LogP contribution < -0.4 is 4.74 Å². The molecule has 0 radical (unpaired) electrons. The molecule has 0 spiro atoms. The van der Waals surface area contributed by atoms with Gasteiger partial charge in [-0.1, -0.05) is 38.1 Å². The Kier molecular flexibility index (Phi) is 6.57. The summed E-state index contributed by atoms with van der Waals surface area (Å²) in [5.74, 6) is 2.35. The van der Waals surface area contributed by atoms with Crippen molar-refractivity contribution < 1.29 is 9.53 Å². The summed E-state index contributed by atoms with van der Waals surface area (Å²) in [4.78, 5) is 18.1. The van der Waals surface area contributed by atoms with Crippen molar-refractivity contribution in [1.82, 2.24) is 14.5 Å². The van der Waals surface area contributed by atoms with E-state index in [1.54, 1.807) is 18.9 Å². The number of rotatable bonds is 8. The molecule has 3 aromatic rings. The lowest BCUT2D eigenvalue weighted by atomic mass is 10.0.